The average Bonchev–Trinajstić information content (AvgIpc) is 2.85. The first kappa shape index (κ1) is 35.4. The van der Waals surface area contributed by atoms with Gasteiger partial charge in [0, 0.05) is 39.2 Å². The fourth-order valence-electron chi connectivity index (χ4n) is 4.31. The summed E-state index contributed by atoms with van der Waals surface area (Å²) in [4.78, 5) is 4.96. The smallest absolute Gasteiger partial charge is 0.397 e. The van der Waals surface area contributed by atoms with Crippen LogP contribution in [0.15, 0.2) is 0 Å². The maximum absolute atomic E-state index is 6.34. The van der Waals surface area contributed by atoms with Crippen LogP contribution in [0, 0.1) is 0 Å². The standard InChI is InChI=1S/C25H57N2O5Si3/c1-9-27(10-2)22-18-16-14-15-17-20-25(35(30-11-3,31-12-4)32-13-5)33-24-26(6)21-19-23-34(28-7)29-8/h25H,9-24H2,1-8H3. The van der Waals surface area contributed by atoms with Crippen LogP contribution in [-0.2, 0) is 22.1 Å². The van der Waals surface area contributed by atoms with Gasteiger partial charge in [0.15, 0.2) is 0 Å². The van der Waals surface area contributed by atoms with Crippen LogP contribution < -0.4 is 0 Å². The van der Waals surface area contributed by atoms with Crippen LogP contribution >= 0.6 is 0 Å². The van der Waals surface area contributed by atoms with Crippen LogP contribution in [0.25, 0.3) is 0 Å². The Morgan fingerprint density at radius 3 is 1.80 bits per heavy atom. The molecule has 0 saturated heterocycles. The molecule has 0 fully saturated rings. The van der Waals surface area contributed by atoms with Crippen molar-refractivity contribution in [3.05, 3.63) is 0 Å². The molecule has 3 radical (unpaired) electrons. The second kappa shape index (κ2) is 23.5. The minimum Gasteiger partial charge on any atom is -0.397 e. The third kappa shape index (κ3) is 16.0. The van der Waals surface area contributed by atoms with Crippen LogP contribution in [-0.4, -0.2) is 111 Å². The van der Waals surface area contributed by atoms with Gasteiger partial charge in [-0.3, -0.25) is 0 Å². The van der Waals surface area contributed by atoms with Crippen molar-refractivity contribution < 1.29 is 22.1 Å². The third-order valence-electron chi connectivity index (χ3n) is 6.31. The summed E-state index contributed by atoms with van der Waals surface area (Å²) in [5, 5.41) is 0.373. The fraction of sp³-hybridized carbons (Fsp3) is 1.00. The van der Waals surface area contributed by atoms with Crippen molar-refractivity contribution in [2.24, 2.45) is 0 Å². The first-order chi connectivity index (χ1) is 17.0. The minimum absolute atomic E-state index is 0.373. The molecule has 0 aliphatic heterocycles. The van der Waals surface area contributed by atoms with E-state index in [1.165, 1.54) is 38.6 Å². The molecule has 0 aromatic rings. The maximum atomic E-state index is 6.34. The topological polar surface area (TPSA) is 52.6 Å². The van der Waals surface area contributed by atoms with Gasteiger partial charge >= 0.3 is 18.1 Å². The molecular weight excluding hydrogens is 493 g/mol. The van der Waals surface area contributed by atoms with Crippen LogP contribution in [0.5, 0.6) is 0 Å². The molecule has 0 saturated carbocycles. The lowest BCUT2D eigenvalue weighted by atomic mass is 10.1. The Kier molecular flexibility index (Phi) is 23.7. The van der Waals surface area contributed by atoms with Crippen LogP contribution in [0.3, 0.4) is 0 Å². The Morgan fingerprint density at radius 2 is 1.29 bits per heavy atom. The quantitative estimate of drug-likeness (QED) is 0.113. The van der Waals surface area contributed by atoms with Gasteiger partial charge in [0.1, 0.15) is 0 Å². The molecule has 0 aliphatic rings. The Balaban J connectivity index is 4.85. The SMILES string of the molecule is CCO[Si](OCC)(OCC)C(CCCCCCCN(CC)CC)[Si]CN(C)CCC[Si](OC)OC. The number of rotatable bonds is 26. The second-order valence-electron chi connectivity index (χ2n) is 8.86. The number of hydrogen-bond donors (Lipinski definition) is 0. The lowest BCUT2D eigenvalue weighted by Crippen LogP contribution is -2.53. The fourth-order valence-corrected chi connectivity index (χ4v) is 11.1. The molecule has 0 spiro atoms. The highest BCUT2D eigenvalue weighted by Crippen LogP contribution is 2.31. The lowest BCUT2D eigenvalue weighted by Gasteiger charge is -2.36. The molecule has 0 heterocycles. The summed E-state index contributed by atoms with van der Waals surface area (Å²) < 4.78 is 29.9. The summed E-state index contributed by atoms with van der Waals surface area (Å²) in [6.07, 6.45) is 9.73. The molecule has 1 unspecified atom stereocenters. The van der Waals surface area contributed by atoms with E-state index in [-0.39, 0.29) is 0 Å². The van der Waals surface area contributed by atoms with Crippen molar-refractivity contribution in [3.8, 4) is 0 Å². The molecular formula is C25H57N2O5Si3. The minimum atomic E-state index is -2.71. The molecule has 0 aliphatic carbocycles. The maximum Gasteiger partial charge on any atom is 0.500 e. The molecule has 1 atom stereocenters. The van der Waals surface area contributed by atoms with Gasteiger partial charge in [0.25, 0.3) is 0 Å². The van der Waals surface area contributed by atoms with Gasteiger partial charge in [-0.05, 0) is 85.5 Å². The zero-order valence-electron chi connectivity index (χ0n) is 24.3. The average molecular weight is 550 g/mol. The van der Waals surface area contributed by atoms with E-state index in [1.807, 2.05) is 0 Å². The summed E-state index contributed by atoms with van der Waals surface area (Å²) >= 11 is 0. The lowest BCUT2D eigenvalue weighted by molar-refractivity contribution is 0.0666. The molecule has 0 N–H and O–H groups in total. The van der Waals surface area contributed by atoms with E-state index in [9.17, 15) is 0 Å². The first-order valence-electron chi connectivity index (χ1n) is 14.0. The molecule has 7 nitrogen and oxygen atoms in total. The summed E-state index contributed by atoms with van der Waals surface area (Å²) in [5.41, 5.74) is 0. The zero-order chi connectivity index (χ0) is 26.4. The number of unbranched alkanes of at least 4 members (excludes halogenated alkanes) is 4. The second-order valence-corrected chi connectivity index (χ2v) is 15.7. The number of nitrogens with zero attached hydrogens (tertiary/aromatic N) is 2. The van der Waals surface area contributed by atoms with E-state index in [4.69, 9.17) is 22.1 Å². The van der Waals surface area contributed by atoms with Crippen molar-refractivity contribution >= 4 is 27.6 Å². The molecule has 209 valence electrons. The zero-order valence-corrected chi connectivity index (χ0v) is 27.3. The highest BCUT2D eigenvalue weighted by Gasteiger charge is 2.48. The predicted molar refractivity (Wildman–Crippen MR) is 152 cm³/mol. The van der Waals surface area contributed by atoms with Gasteiger partial charge in [0.2, 0.25) is 0 Å². The van der Waals surface area contributed by atoms with Gasteiger partial charge in [0.05, 0.1) is 9.52 Å². The van der Waals surface area contributed by atoms with Crippen molar-refractivity contribution in [1.29, 1.82) is 0 Å². The predicted octanol–water partition coefficient (Wildman–Crippen LogP) is 4.81. The molecule has 0 aromatic heterocycles. The molecule has 0 aromatic carbocycles. The van der Waals surface area contributed by atoms with Crippen LogP contribution in [0.4, 0.5) is 0 Å². The van der Waals surface area contributed by atoms with E-state index < -0.39 is 18.1 Å². The monoisotopic (exact) mass is 549 g/mol. The Morgan fingerprint density at radius 1 is 0.743 bits per heavy atom. The molecule has 35 heavy (non-hydrogen) atoms. The molecule has 10 heteroatoms. The summed E-state index contributed by atoms with van der Waals surface area (Å²) in [6.45, 7) is 17.2. The summed E-state index contributed by atoms with van der Waals surface area (Å²) in [7, 11) is 2.65. The Hall–Kier alpha value is 0.371. The largest absolute Gasteiger partial charge is 0.500 e. The van der Waals surface area contributed by atoms with E-state index in [2.05, 4.69) is 51.5 Å². The van der Waals surface area contributed by atoms with Gasteiger partial charge in [-0.1, -0.05) is 39.5 Å². The molecule has 0 bridgehead atoms. The van der Waals surface area contributed by atoms with E-state index in [0.29, 0.717) is 25.0 Å². The van der Waals surface area contributed by atoms with Crippen LogP contribution in [0.1, 0.15) is 79.6 Å². The van der Waals surface area contributed by atoms with Gasteiger partial charge < -0.3 is 31.9 Å². The Bertz CT molecular complexity index is 444. The van der Waals surface area contributed by atoms with Crippen molar-refractivity contribution in [2.75, 3.05) is 73.4 Å². The van der Waals surface area contributed by atoms with Crippen molar-refractivity contribution in [2.45, 2.75) is 90.8 Å². The van der Waals surface area contributed by atoms with Gasteiger partial charge in [-0.2, -0.15) is 0 Å². The van der Waals surface area contributed by atoms with E-state index in [1.54, 1.807) is 14.2 Å². The third-order valence-corrected chi connectivity index (χ3v) is 14.4. The van der Waals surface area contributed by atoms with Crippen molar-refractivity contribution in [1.82, 2.24) is 9.80 Å². The summed E-state index contributed by atoms with van der Waals surface area (Å²) in [6, 6.07) is 1.01. The van der Waals surface area contributed by atoms with Gasteiger partial charge in [-0.25, -0.2) is 0 Å². The van der Waals surface area contributed by atoms with Crippen LogP contribution in [0.2, 0.25) is 11.2 Å². The Labute approximate surface area is 223 Å². The first-order valence-corrected chi connectivity index (χ1v) is 18.6. The molecule has 0 amide bonds. The van der Waals surface area contributed by atoms with E-state index in [0.717, 1.165) is 54.2 Å². The van der Waals surface area contributed by atoms with E-state index >= 15 is 0 Å². The highest BCUT2D eigenvalue weighted by molar-refractivity contribution is 6.73. The van der Waals surface area contributed by atoms with Gasteiger partial charge in [-0.15, -0.1) is 0 Å². The summed E-state index contributed by atoms with van der Waals surface area (Å²) in [5.74, 6) is 0. The highest BCUT2D eigenvalue weighted by atomic mass is 28.4. The normalized spacial score (nSPS) is 13.5. The molecule has 0 rings (SSSR count). The number of hydrogen-bond acceptors (Lipinski definition) is 7. The van der Waals surface area contributed by atoms with Crippen molar-refractivity contribution in [3.63, 3.8) is 0 Å².